The van der Waals surface area contributed by atoms with Gasteiger partial charge in [0.1, 0.15) is 0 Å². The number of allylic oxidation sites excluding steroid dienone is 5. The third-order valence-electron chi connectivity index (χ3n) is 2.53. The van der Waals surface area contributed by atoms with E-state index in [0.29, 0.717) is 5.41 Å². The summed E-state index contributed by atoms with van der Waals surface area (Å²) < 4.78 is 0. The van der Waals surface area contributed by atoms with Crippen LogP contribution in [0, 0.1) is 5.41 Å². The van der Waals surface area contributed by atoms with Crippen molar-refractivity contribution in [1.82, 2.24) is 0 Å². The van der Waals surface area contributed by atoms with Crippen LogP contribution >= 0.6 is 0 Å². The van der Waals surface area contributed by atoms with Gasteiger partial charge in [0, 0.05) is 0 Å². The Bertz CT molecular complexity index is 208. The molecule has 0 radical (unpaired) electrons. The highest BCUT2D eigenvalue weighted by atomic mass is 14.2. The Morgan fingerprint density at radius 1 is 1.73 bits per heavy atom. The lowest BCUT2D eigenvalue weighted by molar-refractivity contribution is 0.412. The molecule has 0 aromatic rings. The smallest absolute Gasteiger partial charge is 0.0111 e. The van der Waals surface area contributed by atoms with Crippen LogP contribution in [0.2, 0.25) is 0 Å². The normalized spacial score (nSPS) is 29.8. The van der Waals surface area contributed by atoms with Gasteiger partial charge in [0.05, 0.1) is 0 Å². The Labute approximate surface area is 69.3 Å². The standard InChI is InChI=1S/C11H16/c1-4-10-6-8-11(3,5-2)9-7-10/h4,6-8H,1,5,9H2,2-3H3. The molecule has 11 heavy (non-hydrogen) atoms. The second-order valence-electron chi connectivity index (χ2n) is 3.45. The molecular formula is C11H16. The molecule has 0 bridgehead atoms. The Balaban J connectivity index is 2.70. The monoisotopic (exact) mass is 148 g/mol. The van der Waals surface area contributed by atoms with Crippen molar-refractivity contribution in [3.05, 3.63) is 36.5 Å². The summed E-state index contributed by atoms with van der Waals surface area (Å²) in [7, 11) is 0. The molecule has 0 spiro atoms. The van der Waals surface area contributed by atoms with E-state index in [4.69, 9.17) is 0 Å². The third kappa shape index (κ3) is 1.83. The minimum Gasteiger partial charge on any atom is -0.0985 e. The lowest BCUT2D eigenvalue weighted by Gasteiger charge is -2.25. The quantitative estimate of drug-likeness (QED) is 0.562. The fourth-order valence-electron chi connectivity index (χ4n) is 1.20. The van der Waals surface area contributed by atoms with Gasteiger partial charge in [-0.05, 0) is 23.8 Å². The van der Waals surface area contributed by atoms with Crippen molar-refractivity contribution in [2.24, 2.45) is 5.41 Å². The highest BCUT2D eigenvalue weighted by molar-refractivity contribution is 5.33. The Morgan fingerprint density at radius 2 is 2.45 bits per heavy atom. The van der Waals surface area contributed by atoms with Crippen molar-refractivity contribution in [3.8, 4) is 0 Å². The molecule has 0 fully saturated rings. The van der Waals surface area contributed by atoms with Crippen LogP contribution in [0.25, 0.3) is 0 Å². The highest BCUT2D eigenvalue weighted by Gasteiger charge is 2.18. The zero-order valence-electron chi connectivity index (χ0n) is 7.43. The first-order valence-electron chi connectivity index (χ1n) is 4.22. The van der Waals surface area contributed by atoms with Gasteiger partial charge >= 0.3 is 0 Å². The molecule has 0 saturated heterocycles. The summed E-state index contributed by atoms with van der Waals surface area (Å²) in [5.74, 6) is 0. The predicted molar refractivity (Wildman–Crippen MR) is 50.4 cm³/mol. The molecule has 1 aliphatic carbocycles. The first kappa shape index (κ1) is 8.32. The summed E-state index contributed by atoms with van der Waals surface area (Å²) in [5.41, 5.74) is 1.66. The van der Waals surface area contributed by atoms with E-state index < -0.39 is 0 Å². The van der Waals surface area contributed by atoms with Crippen molar-refractivity contribution < 1.29 is 0 Å². The van der Waals surface area contributed by atoms with Crippen LogP contribution in [0.3, 0.4) is 0 Å². The minimum atomic E-state index is 0.395. The molecule has 0 aromatic heterocycles. The largest absolute Gasteiger partial charge is 0.0985 e. The van der Waals surface area contributed by atoms with Gasteiger partial charge < -0.3 is 0 Å². The van der Waals surface area contributed by atoms with Crippen LogP contribution < -0.4 is 0 Å². The van der Waals surface area contributed by atoms with Crippen molar-refractivity contribution in [1.29, 1.82) is 0 Å². The van der Waals surface area contributed by atoms with Crippen LogP contribution in [0.1, 0.15) is 26.7 Å². The maximum absolute atomic E-state index is 3.74. The maximum Gasteiger partial charge on any atom is -0.0111 e. The van der Waals surface area contributed by atoms with E-state index in [-0.39, 0.29) is 0 Å². The van der Waals surface area contributed by atoms with Crippen LogP contribution in [0.15, 0.2) is 36.5 Å². The zero-order valence-corrected chi connectivity index (χ0v) is 7.43. The van der Waals surface area contributed by atoms with E-state index in [1.807, 2.05) is 6.08 Å². The SMILES string of the molecule is C=CC1=CCC(C)(CC)C=C1. The molecule has 0 amide bonds. The first-order valence-corrected chi connectivity index (χ1v) is 4.22. The summed E-state index contributed by atoms with van der Waals surface area (Å²) in [4.78, 5) is 0. The first-order chi connectivity index (χ1) is 5.20. The molecule has 1 atom stereocenters. The van der Waals surface area contributed by atoms with E-state index in [2.05, 4.69) is 38.7 Å². The average molecular weight is 148 g/mol. The number of hydrogen-bond donors (Lipinski definition) is 0. The van der Waals surface area contributed by atoms with Gasteiger partial charge in [-0.15, -0.1) is 0 Å². The molecule has 0 aromatic carbocycles. The van der Waals surface area contributed by atoms with Gasteiger partial charge in [-0.2, -0.15) is 0 Å². The highest BCUT2D eigenvalue weighted by Crippen LogP contribution is 2.32. The van der Waals surface area contributed by atoms with Gasteiger partial charge in [-0.3, -0.25) is 0 Å². The summed E-state index contributed by atoms with van der Waals surface area (Å²) >= 11 is 0. The van der Waals surface area contributed by atoms with Crippen molar-refractivity contribution in [2.75, 3.05) is 0 Å². The maximum atomic E-state index is 3.74. The van der Waals surface area contributed by atoms with Crippen LogP contribution in [-0.4, -0.2) is 0 Å². The molecule has 1 rings (SSSR count). The Kier molecular flexibility index (Phi) is 2.33. The topological polar surface area (TPSA) is 0 Å². The molecular weight excluding hydrogens is 132 g/mol. The van der Waals surface area contributed by atoms with E-state index in [9.17, 15) is 0 Å². The van der Waals surface area contributed by atoms with E-state index in [1.54, 1.807) is 0 Å². The Morgan fingerprint density at radius 3 is 2.82 bits per heavy atom. The molecule has 0 saturated carbocycles. The van der Waals surface area contributed by atoms with E-state index in [0.717, 1.165) is 6.42 Å². The average Bonchev–Trinajstić information content (AvgIpc) is 2.06. The van der Waals surface area contributed by atoms with Crippen molar-refractivity contribution >= 4 is 0 Å². The second-order valence-corrected chi connectivity index (χ2v) is 3.45. The van der Waals surface area contributed by atoms with Crippen LogP contribution in [-0.2, 0) is 0 Å². The molecule has 0 nitrogen and oxygen atoms in total. The fourth-order valence-corrected chi connectivity index (χ4v) is 1.20. The zero-order chi connectivity index (χ0) is 8.32. The summed E-state index contributed by atoms with van der Waals surface area (Å²) in [6, 6.07) is 0. The second kappa shape index (κ2) is 3.08. The lowest BCUT2D eigenvalue weighted by Crippen LogP contribution is -2.12. The number of hydrogen-bond acceptors (Lipinski definition) is 0. The molecule has 1 aliphatic rings. The molecule has 60 valence electrons. The van der Waals surface area contributed by atoms with Gasteiger partial charge in [0.2, 0.25) is 0 Å². The lowest BCUT2D eigenvalue weighted by atomic mass is 9.80. The van der Waals surface area contributed by atoms with Crippen LogP contribution in [0.5, 0.6) is 0 Å². The molecule has 0 N–H and O–H groups in total. The van der Waals surface area contributed by atoms with Crippen molar-refractivity contribution in [2.45, 2.75) is 26.7 Å². The van der Waals surface area contributed by atoms with E-state index in [1.165, 1.54) is 12.0 Å². The van der Waals surface area contributed by atoms with Crippen molar-refractivity contribution in [3.63, 3.8) is 0 Å². The Hall–Kier alpha value is -0.780. The summed E-state index contributed by atoms with van der Waals surface area (Å²) in [5, 5.41) is 0. The summed E-state index contributed by atoms with van der Waals surface area (Å²) in [6.45, 7) is 8.26. The molecule has 1 unspecified atom stereocenters. The fraction of sp³-hybridized carbons (Fsp3) is 0.455. The van der Waals surface area contributed by atoms with Gasteiger partial charge in [-0.25, -0.2) is 0 Å². The minimum absolute atomic E-state index is 0.395. The molecule has 0 aliphatic heterocycles. The third-order valence-corrected chi connectivity index (χ3v) is 2.53. The predicted octanol–water partition coefficient (Wildman–Crippen LogP) is 3.48. The van der Waals surface area contributed by atoms with Gasteiger partial charge in [-0.1, -0.05) is 44.7 Å². The molecule has 0 heterocycles. The summed E-state index contributed by atoms with van der Waals surface area (Å²) in [6.07, 6.45) is 11.0. The molecule has 0 heteroatoms. The van der Waals surface area contributed by atoms with Gasteiger partial charge in [0.25, 0.3) is 0 Å². The van der Waals surface area contributed by atoms with Gasteiger partial charge in [0.15, 0.2) is 0 Å². The number of rotatable bonds is 2. The van der Waals surface area contributed by atoms with E-state index >= 15 is 0 Å². The van der Waals surface area contributed by atoms with Crippen LogP contribution in [0.4, 0.5) is 0 Å².